The van der Waals surface area contributed by atoms with Gasteiger partial charge in [0, 0.05) is 61.8 Å². The van der Waals surface area contributed by atoms with Crippen molar-refractivity contribution in [2.24, 2.45) is 13.0 Å². The predicted molar refractivity (Wildman–Crippen MR) is 172 cm³/mol. The Labute approximate surface area is 258 Å². The van der Waals surface area contributed by atoms with Gasteiger partial charge in [-0.2, -0.15) is 0 Å². The highest BCUT2D eigenvalue weighted by atomic mass is 32.2. The first kappa shape index (κ1) is 31.1. The summed E-state index contributed by atoms with van der Waals surface area (Å²) < 4.78 is 25.8. The van der Waals surface area contributed by atoms with Crippen molar-refractivity contribution < 1.29 is 13.2 Å². The van der Waals surface area contributed by atoms with Gasteiger partial charge in [-0.3, -0.25) is 9.59 Å². The molecule has 230 valence electrons. The maximum absolute atomic E-state index is 13.3. The van der Waals surface area contributed by atoms with E-state index < -0.39 is 9.84 Å². The van der Waals surface area contributed by atoms with Gasteiger partial charge in [-0.1, -0.05) is 45.9 Å². The number of pyridine rings is 1. The number of carbonyl (C=O) groups is 1. The second-order valence-electron chi connectivity index (χ2n) is 11.6. The average Bonchev–Trinajstić information content (AvgIpc) is 3.04. The molecule has 9 nitrogen and oxygen atoms in total. The summed E-state index contributed by atoms with van der Waals surface area (Å²) in [5.41, 5.74) is 5.18. The fraction of sp³-hybridized carbons (Fsp3) is 0.353. The minimum Gasteiger partial charge on any atom is -0.348 e. The van der Waals surface area contributed by atoms with Gasteiger partial charge in [-0.05, 0) is 64.9 Å². The minimum atomic E-state index is -3.27. The van der Waals surface area contributed by atoms with Gasteiger partial charge in [-0.25, -0.2) is 18.4 Å². The molecule has 0 fully saturated rings. The molecule has 0 saturated heterocycles. The Bertz CT molecular complexity index is 1820. The summed E-state index contributed by atoms with van der Waals surface area (Å²) >= 11 is 0. The lowest BCUT2D eigenvalue weighted by atomic mass is 9.78. The van der Waals surface area contributed by atoms with Gasteiger partial charge in [0.1, 0.15) is 0 Å². The molecule has 44 heavy (non-hydrogen) atoms. The van der Waals surface area contributed by atoms with Crippen molar-refractivity contribution in [3.63, 3.8) is 0 Å². The first-order valence-electron chi connectivity index (χ1n) is 15.0. The van der Waals surface area contributed by atoms with Gasteiger partial charge in [0.05, 0.1) is 16.7 Å². The fourth-order valence-electron chi connectivity index (χ4n) is 5.79. The van der Waals surface area contributed by atoms with E-state index in [4.69, 9.17) is 9.97 Å². The number of nitrogens with one attached hydrogen (secondary N) is 1. The van der Waals surface area contributed by atoms with E-state index in [1.807, 2.05) is 18.2 Å². The Morgan fingerprint density at radius 3 is 2.30 bits per heavy atom. The lowest BCUT2D eigenvalue weighted by Gasteiger charge is -2.42. The maximum atomic E-state index is 13.3. The summed E-state index contributed by atoms with van der Waals surface area (Å²) in [6.45, 7) is 9.19. The van der Waals surface area contributed by atoms with E-state index in [9.17, 15) is 18.0 Å². The number of benzene rings is 2. The molecule has 0 radical (unpaired) electrons. The molecule has 2 atom stereocenters. The zero-order chi connectivity index (χ0) is 31.6. The number of hydrogen-bond donors (Lipinski definition) is 1. The molecule has 0 saturated carbocycles. The number of anilines is 1. The Kier molecular flexibility index (Phi) is 9.01. The minimum absolute atomic E-state index is 0.0179. The summed E-state index contributed by atoms with van der Waals surface area (Å²) in [5, 5.41) is 2.98. The van der Waals surface area contributed by atoms with Crippen molar-refractivity contribution in [2.75, 3.05) is 17.2 Å². The van der Waals surface area contributed by atoms with Crippen LogP contribution in [-0.4, -0.2) is 41.2 Å². The van der Waals surface area contributed by atoms with Crippen LogP contribution < -0.4 is 15.8 Å². The Balaban J connectivity index is 1.39. The maximum Gasteiger partial charge on any atom is 0.251 e. The van der Waals surface area contributed by atoms with Gasteiger partial charge in [-0.15, -0.1) is 0 Å². The highest BCUT2D eigenvalue weighted by Gasteiger charge is 2.35. The largest absolute Gasteiger partial charge is 0.348 e. The van der Waals surface area contributed by atoms with Gasteiger partial charge in [0.2, 0.25) is 5.95 Å². The van der Waals surface area contributed by atoms with Crippen LogP contribution in [0.5, 0.6) is 0 Å². The molecule has 5 rings (SSSR count). The second kappa shape index (κ2) is 12.7. The molecule has 0 aliphatic carbocycles. The van der Waals surface area contributed by atoms with E-state index in [2.05, 4.69) is 37.1 Å². The number of nitrogens with zero attached hydrogens (tertiary/aromatic N) is 4. The number of fused-ring (bicyclic) bond motifs is 1. The van der Waals surface area contributed by atoms with Crippen LogP contribution >= 0.6 is 0 Å². The van der Waals surface area contributed by atoms with Crippen molar-refractivity contribution in [1.29, 1.82) is 0 Å². The lowest BCUT2D eigenvalue weighted by Crippen LogP contribution is -2.40. The molecule has 2 aromatic carbocycles. The van der Waals surface area contributed by atoms with Crippen LogP contribution in [0.1, 0.15) is 73.1 Å². The lowest BCUT2D eigenvalue weighted by molar-refractivity contribution is 0.0950. The van der Waals surface area contributed by atoms with Gasteiger partial charge >= 0.3 is 0 Å². The number of amides is 1. The van der Waals surface area contributed by atoms with Crippen molar-refractivity contribution in [2.45, 2.75) is 57.5 Å². The first-order valence-corrected chi connectivity index (χ1v) is 16.7. The molecule has 1 unspecified atom stereocenters. The van der Waals surface area contributed by atoms with Gasteiger partial charge < -0.3 is 14.8 Å². The number of rotatable bonds is 9. The third-order valence-electron chi connectivity index (χ3n) is 8.52. The molecular formula is C34H39N5O4S. The topological polar surface area (TPSA) is 114 Å². The number of aromatic nitrogens is 3. The summed E-state index contributed by atoms with van der Waals surface area (Å²) in [7, 11) is -1.56. The standard InChI is InChI=1S/C34H39N5O4S/c1-6-31-29-16-25(33(41)35-18-23-8-11-27(12-9-23)44(42,43)7-2)10-13-28(29)30(22(3)4)21-39(31)34-36-19-26(20-37-34)24-14-15-38(5)32(40)17-24/h8-17,19-20,22,30-31H,6-7,18,21H2,1-5H3,(H,35,41)/t30-,31?/m1/s1. The van der Waals surface area contributed by atoms with Crippen LogP contribution in [0.4, 0.5) is 5.95 Å². The number of hydrogen-bond acceptors (Lipinski definition) is 7. The summed E-state index contributed by atoms with van der Waals surface area (Å²) in [6, 6.07) is 16.0. The van der Waals surface area contributed by atoms with E-state index in [-0.39, 0.29) is 40.6 Å². The van der Waals surface area contributed by atoms with E-state index in [1.54, 1.807) is 62.9 Å². The third-order valence-corrected chi connectivity index (χ3v) is 10.3. The van der Waals surface area contributed by atoms with Gasteiger partial charge in [0.15, 0.2) is 9.84 Å². The van der Waals surface area contributed by atoms with Crippen molar-refractivity contribution >= 4 is 21.7 Å². The van der Waals surface area contributed by atoms with E-state index in [1.165, 1.54) is 10.1 Å². The molecule has 1 aliphatic heterocycles. The van der Waals surface area contributed by atoms with Crippen LogP contribution in [0.3, 0.4) is 0 Å². The number of carbonyl (C=O) groups excluding carboxylic acids is 1. The van der Waals surface area contributed by atoms with Crippen LogP contribution in [-0.2, 0) is 23.4 Å². The fourth-order valence-corrected chi connectivity index (χ4v) is 6.68. The zero-order valence-electron chi connectivity index (χ0n) is 25.8. The molecule has 0 spiro atoms. The Morgan fingerprint density at radius 1 is 0.977 bits per heavy atom. The molecule has 4 aromatic rings. The van der Waals surface area contributed by atoms with Crippen molar-refractivity contribution in [3.05, 3.63) is 106 Å². The second-order valence-corrected chi connectivity index (χ2v) is 13.9. The van der Waals surface area contributed by atoms with E-state index >= 15 is 0 Å². The van der Waals surface area contributed by atoms with Crippen LogP contribution in [0.25, 0.3) is 11.1 Å². The van der Waals surface area contributed by atoms with Crippen molar-refractivity contribution in [1.82, 2.24) is 19.9 Å². The van der Waals surface area contributed by atoms with E-state index in [0.717, 1.165) is 35.2 Å². The SMILES string of the molecule is CCC1c2cc(C(=O)NCc3ccc(S(=O)(=O)CC)cc3)ccc2[C@@H](C(C)C)CN1c1ncc(-c2ccn(C)c(=O)c2)cn1. The molecule has 1 aliphatic rings. The van der Waals surface area contributed by atoms with Crippen LogP contribution in [0, 0.1) is 5.92 Å². The number of aryl methyl sites for hydroxylation is 1. The first-order chi connectivity index (χ1) is 21.0. The van der Waals surface area contributed by atoms with E-state index in [0.29, 0.717) is 17.4 Å². The normalized spacial score (nSPS) is 16.5. The summed E-state index contributed by atoms with van der Waals surface area (Å²) in [4.78, 5) is 37.4. The molecule has 1 amide bonds. The van der Waals surface area contributed by atoms with Gasteiger partial charge in [0.25, 0.3) is 11.5 Å². The third kappa shape index (κ3) is 6.31. The highest BCUT2D eigenvalue weighted by molar-refractivity contribution is 7.91. The summed E-state index contributed by atoms with van der Waals surface area (Å²) in [5.74, 6) is 1.05. The summed E-state index contributed by atoms with van der Waals surface area (Å²) in [6.07, 6.45) is 6.06. The molecular weight excluding hydrogens is 574 g/mol. The Hall–Kier alpha value is -4.31. The van der Waals surface area contributed by atoms with Crippen molar-refractivity contribution in [3.8, 4) is 11.1 Å². The number of sulfone groups is 1. The van der Waals surface area contributed by atoms with Crippen LogP contribution in [0.15, 0.2) is 82.9 Å². The Morgan fingerprint density at radius 2 is 1.68 bits per heavy atom. The quantitative estimate of drug-likeness (QED) is 0.273. The zero-order valence-corrected chi connectivity index (χ0v) is 26.6. The van der Waals surface area contributed by atoms with Crippen LogP contribution in [0.2, 0.25) is 0 Å². The average molecular weight is 614 g/mol. The molecule has 1 N–H and O–H groups in total. The highest BCUT2D eigenvalue weighted by Crippen LogP contribution is 2.42. The molecule has 3 heterocycles. The smallest absolute Gasteiger partial charge is 0.251 e. The predicted octanol–water partition coefficient (Wildman–Crippen LogP) is 5.28. The molecule has 10 heteroatoms. The monoisotopic (exact) mass is 613 g/mol. The molecule has 0 bridgehead atoms. The molecule has 2 aromatic heterocycles.